The van der Waals surface area contributed by atoms with Crippen molar-refractivity contribution in [3.63, 3.8) is 0 Å². The lowest BCUT2D eigenvalue weighted by molar-refractivity contribution is -0.138. The van der Waals surface area contributed by atoms with Gasteiger partial charge in [0.15, 0.2) is 5.82 Å². The molecule has 0 spiro atoms. The first kappa shape index (κ1) is 24.4. The van der Waals surface area contributed by atoms with Crippen LogP contribution in [-0.4, -0.2) is 33.9 Å². The van der Waals surface area contributed by atoms with Crippen molar-refractivity contribution in [2.45, 2.75) is 44.4 Å². The monoisotopic (exact) mass is 484 g/mol. The van der Waals surface area contributed by atoms with Crippen LogP contribution in [0, 0.1) is 5.92 Å². The minimum atomic E-state index is -4.46. The van der Waals surface area contributed by atoms with E-state index in [0.29, 0.717) is 30.6 Å². The molecule has 4 rings (SSSR count). The highest BCUT2D eigenvalue weighted by atomic mass is 19.4. The molecule has 0 bridgehead atoms. The van der Waals surface area contributed by atoms with Crippen LogP contribution in [0.3, 0.4) is 0 Å². The van der Waals surface area contributed by atoms with Crippen LogP contribution in [0.1, 0.15) is 36.8 Å². The van der Waals surface area contributed by atoms with Crippen LogP contribution >= 0.6 is 0 Å². The van der Waals surface area contributed by atoms with E-state index in [1.807, 2.05) is 30.3 Å². The lowest BCUT2D eigenvalue weighted by Gasteiger charge is -2.29. The fourth-order valence-electron chi connectivity index (χ4n) is 4.29. The Morgan fingerprint density at radius 3 is 2.43 bits per heavy atom. The van der Waals surface area contributed by atoms with Gasteiger partial charge in [-0.3, -0.25) is 4.79 Å². The summed E-state index contributed by atoms with van der Waals surface area (Å²) in [4.78, 5) is 26.2. The number of halogens is 3. The van der Waals surface area contributed by atoms with E-state index in [2.05, 4.69) is 30.9 Å². The summed E-state index contributed by atoms with van der Waals surface area (Å²) in [5.74, 6) is 0.813. The second kappa shape index (κ2) is 10.7. The summed E-state index contributed by atoms with van der Waals surface area (Å²) in [6, 6.07) is 14.8. The van der Waals surface area contributed by atoms with E-state index in [0.717, 1.165) is 24.5 Å². The number of hydrogen-bond acceptors (Lipinski definition) is 6. The first-order valence-electron chi connectivity index (χ1n) is 11.5. The predicted molar refractivity (Wildman–Crippen MR) is 127 cm³/mol. The van der Waals surface area contributed by atoms with E-state index in [4.69, 9.17) is 0 Å². The summed E-state index contributed by atoms with van der Waals surface area (Å²) >= 11 is 0. The van der Waals surface area contributed by atoms with E-state index in [1.54, 1.807) is 7.05 Å². The van der Waals surface area contributed by atoms with Crippen LogP contribution in [0.25, 0.3) is 11.4 Å². The second-order valence-electron chi connectivity index (χ2n) is 8.50. The van der Waals surface area contributed by atoms with E-state index >= 15 is 0 Å². The molecular weight excluding hydrogens is 457 g/mol. The van der Waals surface area contributed by atoms with Gasteiger partial charge < -0.3 is 16.0 Å². The Morgan fingerprint density at radius 1 is 0.971 bits per heavy atom. The molecule has 10 heteroatoms. The van der Waals surface area contributed by atoms with Crippen molar-refractivity contribution in [2.24, 2.45) is 5.92 Å². The lowest BCUT2D eigenvalue weighted by Crippen LogP contribution is -2.37. The third kappa shape index (κ3) is 6.26. The van der Waals surface area contributed by atoms with Crippen LogP contribution in [-0.2, 0) is 17.5 Å². The Balaban J connectivity index is 1.40. The topological polar surface area (TPSA) is 91.8 Å². The van der Waals surface area contributed by atoms with Crippen molar-refractivity contribution >= 4 is 17.8 Å². The van der Waals surface area contributed by atoms with Gasteiger partial charge in [0.25, 0.3) is 0 Å². The first-order valence-corrected chi connectivity index (χ1v) is 11.5. The van der Waals surface area contributed by atoms with Gasteiger partial charge in [0, 0.05) is 31.1 Å². The van der Waals surface area contributed by atoms with Gasteiger partial charge in [-0.15, -0.1) is 0 Å². The Labute approximate surface area is 201 Å². The molecule has 7 nitrogen and oxygen atoms in total. The Bertz CT molecular complexity index is 1160. The SMILES string of the molecule is CNc1nc(N[C@@H]2CCC[C@H](C(=O)NCc3ccccc3C(F)(F)F)C2)nc(-c2ccccc2)n1. The molecule has 184 valence electrons. The number of amides is 1. The number of anilines is 2. The molecule has 0 unspecified atom stereocenters. The molecule has 1 aliphatic rings. The summed E-state index contributed by atoms with van der Waals surface area (Å²) in [7, 11) is 1.73. The van der Waals surface area contributed by atoms with Gasteiger partial charge in [-0.2, -0.15) is 28.1 Å². The molecule has 2 atom stereocenters. The molecule has 1 aromatic heterocycles. The maximum absolute atomic E-state index is 13.2. The average Bonchev–Trinajstić information content (AvgIpc) is 2.87. The van der Waals surface area contributed by atoms with Gasteiger partial charge in [-0.1, -0.05) is 55.0 Å². The number of nitrogens with one attached hydrogen (secondary N) is 3. The Kier molecular flexibility index (Phi) is 7.48. The molecular formula is C25H27F3N6O. The van der Waals surface area contributed by atoms with Gasteiger partial charge in [0.2, 0.25) is 17.8 Å². The van der Waals surface area contributed by atoms with Gasteiger partial charge in [-0.05, 0) is 30.9 Å². The zero-order valence-corrected chi connectivity index (χ0v) is 19.3. The molecule has 0 saturated heterocycles. The van der Waals surface area contributed by atoms with Gasteiger partial charge in [0.1, 0.15) is 0 Å². The molecule has 35 heavy (non-hydrogen) atoms. The number of aromatic nitrogens is 3. The molecule has 3 N–H and O–H groups in total. The van der Waals surface area contributed by atoms with Crippen LogP contribution in [0.5, 0.6) is 0 Å². The molecule has 1 fully saturated rings. The van der Waals surface area contributed by atoms with Gasteiger partial charge in [-0.25, -0.2) is 0 Å². The third-order valence-electron chi connectivity index (χ3n) is 6.05. The largest absolute Gasteiger partial charge is 0.416 e. The van der Waals surface area contributed by atoms with Gasteiger partial charge in [0.05, 0.1) is 5.56 Å². The standard InChI is InChI=1S/C25H27F3N6O/c1-29-23-32-21(16-8-3-2-4-9-16)33-24(34-23)31-19-12-7-11-17(14-19)22(35)30-15-18-10-5-6-13-20(18)25(26,27)28/h2-6,8-10,13,17,19H,7,11-12,14-15H2,1H3,(H,30,35)(H2,29,31,32,33,34)/t17-,19+/m0/s1. The quantitative estimate of drug-likeness (QED) is 0.443. The first-order chi connectivity index (χ1) is 16.8. The highest BCUT2D eigenvalue weighted by molar-refractivity contribution is 5.78. The Morgan fingerprint density at radius 2 is 1.69 bits per heavy atom. The predicted octanol–water partition coefficient (Wildman–Crippen LogP) is 4.89. The average molecular weight is 485 g/mol. The number of carbonyl (C=O) groups excluding carboxylic acids is 1. The fourth-order valence-corrected chi connectivity index (χ4v) is 4.29. The molecule has 0 aliphatic heterocycles. The number of benzene rings is 2. The summed E-state index contributed by atoms with van der Waals surface area (Å²) in [6.07, 6.45) is -1.60. The summed E-state index contributed by atoms with van der Waals surface area (Å²) in [6.45, 7) is -0.164. The fraction of sp³-hybridized carbons (Fsp3) is 0.360. The van der Waals surface area contributed by atoms with Crippen molar-refractivity contribution in [1.29, 1.82) is 0 Å². The van der Waals surface area contributed by atoms with Crippen molar-refractivity contribution in [2.75, 3.05) is 17.7 Å². The maximum Gasteiger partial charge on any atom is 0.416 e. The van der Waals surface area contributed by atoms with E-state index < -0.39 is 11.7 Å². The molecule has 0 radical (unpaired) electrons. The molecule has 1 saturated carbocycles. The third-order valence-corrected chi connectivity index (χ3v) is 6.05. The zero-order valence-electron chi connectivity index (χ0n) is 19.3. The number of rotatable bonds is 7. The van der Waals surface area contributed by atoms with Crippen LogP contribution in [0.4, 0.5) is 25.1 Å². The van der Waals surface area contributed by atoms with E-state index in [-0.39, 0.29) is 30.0 Å². The number of hydrogen-bond donors (Lipinski definition) is 3. The zero-order chi connectivity index (χ0) is 24.8. The second-order valence-corrected chi connectivity index (χ2v) is 8.50. The molecule has 1 heterocycles. The minimum absolute atomic E-state index is 0.0438. The number of nitrogens with zero attached hydrogens (tertiary/aromatic N) is 3. The number of carbonyl (C=O) groups is 1. The smallest absolute Gasteiger partial charge is 0.357 e. The van der Waals surface area contributed by atoms with Crippen LogP contribution in [0.2, 0.25) is 0 Å². The molecule has 1 amide bonds. The van der Waals surface area contributed by atoms with Crippen molar-refractivity contribution < 1.29 is 18.0 Å². The summed E-state index contributed by atoms with van der Waals surface area (Å²) in [5, 5.41) is 8.96. The van der Waals surface area contributed by atoms with Crippen molar-refractivity contribution in [3.8, 4) is 11.4 Å². The van der Waals surface area contributed by atoms with E-state index in [1.165, 1.54) is 18.2 Å². The molecule has 3 aromatic rings. The number of alkyl halides is 3. The molecule has 2 aromatic carbocycles. The molecule has 1 aliphatic carbocycles. The van der Waals surface area contributed by atoms with Crippen molar-refractivity contribution in [3.05, 3.63) is 65.7 Å². The highest BCUT2D eigenvalue weighted by Gasteiger charge is 2.33. The Hall–Kier alpha value is -3.69. The minimum Gasteiger partial charge on any atom is -0.357 e. The van der Waals surface area contributed by atoms with Crippen molar-refractivity contribution in [1.82, 2.24) is 20.3 Å². The highest BCUT2D eigenvalue weighted by Crippen LogP contribution is 2.32. The van der Waals surface area contributed by atoms with Gasteiger partial charge >= 0.3 is 6.18 Å². The van der Waals surface area contributed by atoms with Crippen LogP contribution in [0.15, 0.2) is 54.6 Å². The summed E-state index contributed by atoms with van der Waals surface area (Å²) < 4.78 is 39.7. The normalized spacial score (nSPS) is 18.1. The summed E-state index contributed by atoms with van der Waals surface area (Å²) in [5.41, 5.74) is 0.180. The van der Waals surface area contributed by atoms with E-state index in [9.17, 15) is 18.0 Å². The van der Waals surface area contributed by atoms with Crippen LogP contribution < -0.4 is 16.0 Å². The maximum atomic E-state index is 13.2. The lowest BCUT2D eigenvalue weighted by atomic mass is 9.85.